The minimum atomic E-state index is 0.377. The summed E-state index contributed by atoms with van der Waals surface area (Å²) in [6.45, 7) is 2.17. The summed E-state index contributed by atoms with van der Waals surface area (Å²) < 4.78 is 8.76. The maximum atomic E-state index is 6.59. The Morgan fingerprint density at radius 1 is 0.966 bits per heavy atom. The molecule has 4 aromatic rings. The van der Waals surface area contributed by atoms with E-state index in [0.29, 0.717) is 5.92 Å². The van der Waals surface area contributed by atoms with Gasteiger partial charge in [-0.2, -0.15) is 0 Å². The average molecular weight is 376 g/mol. The van der Waals surface area contributed by atoms with E-state index in [0.717, 1.165) is 17.8 Å². The molecule has 0 N–H and O–H groups in total. The van der Waals surface area contributed by atoms with Crippen molar-refractivity contribution in [2.75, 3.05) is 0 Å². The molecule has 2 nitrogen and oxygen atoms in total. The lowest BCUT2D eigenvalue weighted by Gasteiger charge is -2.27. The SMILES string of the molecule is Cc1ccc2c3c(oc2c1-c1cccc[n+]1C)CC1C(=C3)C=Cc2ccccc21. The molecule has 2 heterocycles. The summed E-state index contributed by atoms with van der Waals surface area (Å²) in [6.07, 6.45) is 9.86. The highest BCUT2D eigenvalue weighted by molar-refractivity contribution is 5.99. The van der Waals surface area contributed by atoms with Gasteiger partial charge in [0.25, 0.3) is 0 Å². The minimum Gasteiger partial charge on any atom is -0.459 e. The molecule has 1 atom stereocenters. The molecule has 29 heavy (non-hydrogen) atoms. The van der Waals surface area contributed by atoms with E-state index in [-0.39, 0.29) is 0 Å². The zero-order chi connectivity index (χ0) is 19.5. The molecule has 6 rings (SSSR count). The van der Waals surface area contributed by atoms with Gasteiger partial charge in [-0.3, -0.25) is 0 Å². The van der Waals surface area contributed by atoms with Crippen molar-refractivity contribution in [3.8, 4) is 11.3 Å². The first kappa shape index (κ1) is 16.6. The third-order valence-electron chi connectivity index (χ3n) is 6.42. The molecule has 0 fully saturated rings. The van der Waals surface area contributed by atoms with Crippen LogP contribution in [0, 0.1) is 6.92 Å². The van der Waals surface area contributed by atoms with Gasteiger partial charge < -0.3 is 4.42 Å². The third-order valence-corrected chi connectivity index (χ3v) is 6.42. The van der Waals surface area contributed by atoms with Crippen LogP contribution in [0.2, 0.25) is 0 Å². The Balaban J connectivity index is 1.58. The summed E-state index contributed by atoms with van der Waals surface area (Å²) in [4.78, 5) is 0. The quantitative estimate of drug-likeness (QED) is 0.373. The first-order valence-electron chi connectivity index (χ1n) is 10.2. The van der Waals surface area contributed by atoms with Gasteiger partial charge in [0.2, 0.25) is 5.69 Å². The van der Waals surface area contributed by atoms with Crippen molar-refractivity contribution in [3.63, 3.8) is 0 Å². The Morgan fingerprint density at radius 2 is 1.83 bits per heavy atom. The Morgan fingerprint density at radius 3 is 2.72 bits per heavy atom. The second-order valence-electron chi connectivity index (χ2n) is 8.13. The fourth-order valence-corrected chi connectivity index (χ4v) is 4.93. The predicted molar refractivity (Wildman–Crippen MR) is 117 cm³/mol. The van der Waals surface area contributed by atoms with Crippen LogP contribution in [0.1, 0.15) is 33.9 Å². The summed E-state index contributed by atoms with van der Waals surface area (Å²) >= 11 is 0. The average Bonchev–Trinajstić information content (AvgIpc) is 3.10. The first-order chi connectivity index (χ1) is 14.2. The maximum absolute atomic E-state index is 6.59. The molecule has 2 aromatic heterocycles. The summed E-state index contributed by atoms with van der Waals surface area (Å²) in [6, 6.07) is 19.5. The Bertz CT molecular complexity index is 1350. The number of hydrogen-bond donors (Lipinski definition) is 0. The molecular weight excluding hydrogens is 354 g/mol. The first-order valence-corrected chi connectivity index (χ1v) is 10.2. The van der Waals surface area contributed by atoms with Crippen LogP contribution >= 0.6 is 0 Å². The van der Waals surface area contributed by atoms with Gasteiger partial charge in [-0.05, 0) is 41.3 Å². The van der Waals surface area contributed by atoms with Crippen LogP contribution in [-0.2, 0) is 13.5 Å². The highest BCUT2D eigenvalue weighted by atomic mass is 16.3. The number of pyridine rings is 1. The topological polar surface area (TPSA) is 17.0 Å². The van der Waals surface area contributed by atoms with E-state index in [2.05, 4.69) is 97.6 Å². The van der Waals surface area contributed by atoms with Crippen molar-refractivity contribution in [2.45, 2.75) is 19.3 Å². The minimum absolute atomic E-state index is 0.377. The van der Waals surface area contributed by atoms with Crippen LogP contribution in [-0.4, -0.2) is 0 Å². The second-order valence-corrected chi connectivity index (χ2v) is 8.13. The van der Waals surface area contributed by atoms with Gasteiger partial charge in [0.1, 0.15) is 18.4 Å². The van der Waals surface area contributed by atoms with Crippen LogP contribution in [0.3, 0.4) is 0 Å². The molecule has 0 bridgehead atoms. The summed E-state index contributed by atoms with van der Waals surface area (Å²) in [7, 11) is 2.09. The van der Waals surface area contributed by atoms with Crippen molar-refractivity contribution in [3.05, 3.63) is 100 Å². The molecule has 2 aromatic carbocycles. The molecule has 140 valence electrons. The zero-order valence-corrected chi connectivity index (χ0v) is 16.6. The van der Waals surface area contributed by atoms with Gasteiger partial charge in [-0.1, -0.05) is 48.6 Å². The molecule has 0 spiro atoms. The molecule has 0 amide bonds. The fourth-order valence-electron chi connectivity index (χ4n) is 4.93. The molecule has 0 saturated carbocycles. The third kappa shape index (κ3) is 2.39. The van der Waals surface area contributed by atoms with Crippen LogP contribution in [0.25, 0.3) is 34.4 Å². The van der Waals surface area contributed by atoms with Crippen LogP contribution in [0.15, 0.2) is 76.9 Å². The van der Waals surface area contributed by atoms with Gasteiger partial charge in [0, 0.05) is 35.4 Å². The van der Waals surface area contributed by atoms with E-state index in [1.165, 1.54) is 44.5 Å². The van der Waals surface area contributed by atoms with E-state index in [9.17, 15) is 0 Å². The van der Waals surface area contributed by atoms with Crippen molar-refractivity contribution >= 4 is 23.1 Å². The van der Waals surface area contributed by atoms with Crippen LogP contribution in [0.4, 0.5) is 0 Å². The molecule has 2 aliphatic carbocycles. The normalized spacial score (nSPS) is 16.9. The summed E-state index contributed by atoms with van der Waals surface area (Å²) in [5.74, 6) is 1.48. The van der Waals surface area contributed by atoms with E-state index in [1.54, 1.807) is 0 Å². The van der Waals surface area contributed by atoms with Crippen LogP contribution < -0.4 is 4.57 Å². The number of nitrogens with zero attached hydrogens (tertiary/aromatic N) is 1. The lowest BCUT2D eigenvalue weighted by molar-refractivity contribution is -0.660. The highest BCUT2D eigenvalue weighted by Gasteiger charge is 2.30. The van der Waals surface area contributed by atoms with Crippen molar-refractivity contribution in [2.24, 2.45) is 7.05 Å². The summed E-state index contributed by atoms with van der Waals surface area (Å²) in [5.41, 5.74) is 9.96. The molecule has 2 aliphatic rings. The van der Waals surface area contributed by atoms with Crippen molar-refractivity contribution < 1.29 is 8.98 Å². The van der Waals surface area contributed by atoms with E-state index < -0.39 is 0 Å². The number of fused-ring (bicyclic) bond motifs is 6. The molecule has 1 unspecified atom stereocenters. The number of benzene rings is 2. The Hall–Kier alpha value is -3.39. The fraction of sp³-hybridized carbons (Fsp3) is 0.148. The van der Waals surface area contributed by atoms with Crippen molar-refractivity contribution in [1.82, 2.24) is 0 Å². The van der Waals surface area contributed by atoms with Gasteiger partial charge >= 0.3 is 0 Å². The largest absolute Gasteiger partial charge is 0.459 e. The van der Waals surface area contributed by atoms with Crippen molar-refractivity contribution in [1.29, 1.82) is 0 Å². The van der Waals surface area contributed by atoms with Crippen LogP contribution in [0.5, 0.6) is 0 Å². The monoisotopic (exact) mass is 376 g/mol. The molecule has 2 heteroatoms. The summed E-state index contributed by atoms with van der Waals surface area (Å²) in [5, 5.41) is 1.21. The molecule has 0 radical (unpaired) electrons. The number of hydrogen-bond acceptors (Lipinski definition) is 1. The van der Waals surface area contributed by atoms with E-state index in [1.807, 2.05) is 0 Å². The molecular formula is C27H22NO+. The van der Waals surface area contributed by atoms with E-state index >= 15 is 0 Å². The van der Waals surface area contributed by atoms with E-state index in [4.69, 9.17) is 4.42 Å². The number of aromatic nitrogens is 1. The number of rotatable bonds is 1. The number of aryl methyl sites for hydroxylation is 2. The number of furan rings is 1. The lowest BCUT2D eigenvalue weighted by Crippen LogP contribution is -2.30. The Labute approximate surface area is 170 Å². The highest BCUT2D eigenvalue weighted by Crippen LogP contribution is 2.45. The lowest BCUT2D eigenvalue weighted by atomic mass is 9.77. The molecule has 0 saturated heterocycles. The van der Waals surface area contributed by atoms with Gasteiger partial charge in [0.15, 0.2) is 6.20 Å². The van der Waals surface area contributed by atoms with Gasteiger partial charge in [-0.25, -0.2) is 4.57 Å². The Kier molecular flexibility index (Phi) is 3.45. The standard InChI is InChI=1S/C27H22NO/c1-17-10-13-21-23-15-19-12-11-18-7-3-4-8-20(18)22(19)16-25(23)29-27(21)26(17)24-9-5-6-14-28(24)2/h3-15,22H,16H2,1-2H3/q+1. The zero-order valence-electron chi connectivity index (χ0n) is 16.6. The van der Waals surface area contributed by atoms with Gasteiger partial charge in [-0.15, -0.1) is 0 Å². The smallest absolute Gasteiger partial charge is 0.216 e. The maximum Gasteiger partial charge on any atom is 0.216 e. The van der Waals surface area contributed by atoms with Gasteiger partial charge in [0.05, 0.1) is 5.56 Å². The predicted octanol–water partition coefficient (Wildman–Crippen LogP) is 5.98. The second kappa shape index (κ2) is 6.05. The number of allylic oxidation sites excluding steroid dienone is 2. The molecule has 0 aliphatic heterocycles.